The van der Waals surface area contributed by atoms with E-state index >= 15 is 0 Å². The van der Waals surface area contributed by atoms with Crippen LogP contribution in [-0.4, -0.2) is 41.9 Å². The van der Waals surface area contributed by atoms with E-state index in [-0.39, 0.29) is 17.0 Å². The van der Waals surface area contributed by atoms with Crippen molar-refractivity contribution in [2.24, 2.45) is 0 Å². The molecule has 0 bridgehead atoms. The van der Waals surface area contributed by atoms with Crippen molar-refractivity contribution < 1.29 is 18.3 Å². The van der Waals surface area contributed by atoms with Crippen molar-refractivity contribution >= 4 is 16.0 Å². The zero-order valence-electron chi connectivity index (χ0n) is 10.4. The highest BCUT2D eigenvalue weighted by molar-refractivity contribution is 7.89. The second kappa shape index (κ2) is 5.77. The van der Waals surface area contributed by atoms with E-state index < -0.39 is 22.0 Å². The van der Waals surface area contributed by atoms with Gasteiger partial charge in [-0.25, -0.2) is 18.2 Å². The smallest absolute Gasteiger partial charge is 0.337 e. The Kier molecular flexibility index (Phi) is 4.58. The molecular weight excluding hydrogens is 270 g/mol. The maximum Gasteiger partial charge on any atom is 0.337 e. The predicted octanol–water partition coefficient (Wildman–Crippen LogP) is 0.702. The van der Waals surface area contributed by atoms with Crippen molar-refractivity contribution in [2.45, 2.75) is 24.4 Å². The first-order valence-corrected chi connectivity index (χ1v) is 6.79. The van der Waals surface area contributed by atoms with Gasteiger partial charge in [-0.05, 0) is 19.1 Å². The van der Waals surface area contributed by atoms with Crippen LogP contribution >= 0.6 is 0 Å². The van der Waals surface area contributed by atoms with Crippen molar-refractivity contribution in [3.8, 4) is 6.07 Å². The number of aromatic nitrogens is 1. The summed E-state index contributed by atoms with van der Waals surface area (Å²) in [5.41, 5.74) is -0.0910. The lowest BCUT2D eigenvalue weighted by Crippen LogP contribution is -2.35. The summed E-state index contributed by atoms with van der Waals surface area (Å²) in [6.07, 6.45) is 1.04. The van der Waals surface area contributed by atoms with E-state index in [9.17, 15) is 13.2 Å². The lowest BCUT2D eigenvalue weighted by Gasteiger charge is -2.21. The van der Waals surface area contributed by atoms with E-state index in [0.29, 0.717) is 0 Å². The third-order valence-electron chi connectivity index (χ3n) is 2.63. The van der Waals surface area contributed by atoms with Gasteiger partial charge < -0.3 is 5.11 Å². The number of nitriles is 1. The van der Waals surface area contributed by atoms with E-state index in [1.807, 2.05) is 6.07 Å². The topological polar surface area (TPSA) is 111 Å². The summed E-state index contributed by atoms with van der Waals surface area (Å²) in [4.78, 5) is 14.3. The van der Waals surface area contributed by atoms with Crippen molar-refractivity contribution in [3.63, 3.8) is 0 Å². The van der Waals surface area contributed by atoms with Crippen LogP contribution < -0.4 is 0 Å². The molecule has 0 fully saturated rings. The van der Waals surface area contributed by atoms with Crippen LogP contribution in [0.2, 0.25) is 0 Å². The molecule has 1 N–H and O–H groups in total. The van der Waals surface area contributed by atoms with E-state index in [0.717, 1.165) is 16.6 Å². The van der Waals surface area contributed by atoms with Gasteiger partial charge in [0.2, 0.25) is 0 Å². The second-order valence-electron chi connectivity index (χ2n) is 3.92. The van der Waals surface area contributed by atoms with Crippen molar-refractivity contribution in [1.29, 1.82) is 5.26 Å². The number of hydrogen-bond acceptors (Lipinski definition) is 5. The van der Waals surface area contributed by atoms with E-state index in [1.165, 1.54) is 13.1 Å². The van der Waals surface area contributed by atoms with Gasteiger partial charge in [-0.15, -0.1) is 0 Å². The number of rotatable bonds is 5. The van der Waals surface area contributed by atoms with Gasteiger partial charge in [0.15, 0.2) is 5.03 Å². The molecule has 0 aliphatic rings. The highest BCUT2D eigenvalue weighted by Gasteiger charge is 2.26. The summed E-state index contributed by atoms with van der Waals surface area (Å²) in [6, 6.07) is 3.71. The van der Waals surface area contributed by atoms with Crippen LogP contribution in [0.3, 0.4) is 0 Å². The number of aromatic carboxylic acids is 1. The molecule has 1 atom stereocenters. The Morgan fingerprint density at radius 3 is 2.63 bits per heavy atom. The van der Waals surface area contributed by atoms with E-state index in [4.69, 9.17) is 10.4 Å². The average Bonchev–Trinajstić information content (AvgIpc) is 2.38. The van der Waals surface area contributed by atoms with Crippen LogP contribution in [0.15, 0.2) is 23.4 Å². The molecule has 1 unspecified atom stereocenters. The minimum absolute atomic E-state index is 0.0585. The maximum absolute atomic E-state index is 12.1. The van der Waals surface area contributed by atoms with Gasteiger partial charge in [0.1, 0.15) is 0 Å². The molecule has 0 amide bonds. The number of sulfonamides is 1. The summed E-state index contributed by atoms with van der Waals surface area (Å²) < 4.78 is 25.3. The second-order valence-corrected chi connectivity index (χ2v) is 5.87. The fourth-order valence-electron chi connectivity index (χ4n) is 1.30. The molecule has 0 radical (unpaired) electrons. The predicted molar refractivity (Wildman–Crippen MR) is 65.8 cm³/mol. The molecule has 8 heteroatoms. The normalized spacial score (nSPS) is 12.9. The molecule has 0 aliphatic heterocycles. The van der Waals surface area contributed by atoms with E-state index in [2.05, 4.69) is 4.98 Å². The van der Waals surface area contributed by atoms with Crippen molar-refractivity contribution in [1.82, 2.24) is 9.29 Å². The summed E-state index contributed by atoms with van der Waals surface area (Å²) in [5.74, 6) is -1.18. The first-order chi connectivity index (χ1) is 8.80. The number of pyridine rings is 1. The van der Waals surface area contributed by atoms with Crippen LogP contribution in [0.1, 0.15) is 23.7 Å². The zero-order chi connectivity index (χ0) is 14.6. The number of hydrogen-bond donors (Lipinski definition) is 1. The maximum atomic E-state index is 12.1. The monoisotopic (exact) mass is 283 g/mol. The Hall–Kier alpha value is -1.98. The molecule has 1 rings (SSSR count). The van der Waals surface area contributed by atoms with Gasteiger partial charge >= 0.3 is 5.97 Å². The standard InChI is InChI=1S/C11H13N3O4S/c1-8(5-6-12)14(2)19(17,18)10-4-3-9(7-13-10)11(15)16/h3-4,7-8H,5H2,1-2H3,(H,15,16). The zero-order valence-corrected chi connectivity index (χ0v) is 11.3. The molecule has 1 heterocycles. The highest BCUT2D eigenvalue weighted by Crippen LogP contribution is 2.16. The Morgan fingerprint density at radius 2 is 2.21 bits per heavy atom. The first kappa shape index (κ1) is 15.1. The van der Waals surface area contributed by atoms with Gasteiger partial charge in [-0.1, -0.05) is 0 Å². The Bertz CT molecular complexity index is 604. The average molecular weight is 283 g/mol. The van der Waals surface area contributed by atoms with Gasteiger partial charge in [0, 0.05) is 19.3 Å². The summed E-state index contributed by atoms with van der Waals surface area (Å²) in [5, 5.41) is 17.0. The number of carboxylic acid groups (broad SMARTS) is 1. The van der Waals surface area contributed by atoms with Gasteiger partial charge in [-0.3, -0.25) is 0 Å². The first-order valence-electron chi connectivity index (χ1n) is 5.35. The molecule has 1 aromatic rings. The minimum Gasteiger partial charge on any atom is -0.478 e. The molecule has 0 spiro atoms. The fourth-order valence-corrected chi connectivity index (χ4v) is 2.57. The van der Waals surface area contributed by atoms with Crippen molar-refractivity contribution in [2.75, 3.05) is 7.05 Å². The summed E-state index contributed by atoms with van der Waals surface area (Å²) in [6.45, 7) is 1.60. The van der Waals surface area contributed by atoms with Crippen LogP contribution in [-0.2, 0) is 10.0 Å². The third kappa shape index (κ3) is 3.27. The molecule has 19 heavy (non-hydrogen) atoms. The Morgan fingerprint density at radius 1 is 1.58 bits per heavy atom. The number of carbonyl (C=O) groups is 1. The van der Waals surface area contributed by atoms with Gasteiger partial charge in [-0.2, -0.15) is 9.57 Å². The van der Waals surface area contributed by atoms with Gasteiger partial charge in [0.25, 0.3) is 10.0 Å². The molecule has 102 valence electrons. The Labute approximate surface area is 111 Å². The number of carboxylic acids is 1. The molecule has 0 aromatic carbocycles. The molecule has 0 saturated heterocycles. The summed E-state index contributed by atoms with van der Waals surface area (Å²) >= 11 is 0. The van der Waals surface area contributed by atoms with Crippen LogP contribution in [0.4, 0.5) is 0 Å². The lowest BCUT2D eigenvalue weighted by atomic mass is 10.3. The van der Waals surface area contributed by atoms with Gasteiger partial charge in [0.05, 0.1) is 18.1 Å². The quantitative estimate of drug-likeness (QED) is 0.851. The van der Waals surface area contributed by atoms with Crippen LogP contribution in [0, 0.1) is 11.3 Å². The fraction of sp³-hybridized carbons (Fsp3) is 0.364. The SMILES string of the molecule is CC(CC#N)N(C)S(=O)(=O)c1ccc(C(=O)O)cn1. The van der Waals surface area contributed by atoms with Crippen LogP contribution in [0.5, 0.6) is 0 Å². The molecule has 1 aromatic heterocycles. The third-order valence-corrected chi connectivity index (χ3v) is 4.52. The highest BCUT2D eigenvalue weighted by atomic mass is 32.2. The molecule has 0 aliphatic carbocycles. The Balaban J connectivity index is 3.07. The van der Waals surface area contributed by atoms with E-state index in [1.54, 1.807) is 6.92 Å². The van der Waals surface area contributed by atoms with Crippen LogP contribution in [0.25, 0.3) is 0 Å². The summed E-state index contributed by atoms with van der Waals surface area (Å²) in [7, 11) is -2.47. The molecule has 7 nitrogen and oxygen atoms in total. The molecular formula is C11H13N3O4S. The minimum atomic E-state index is -3.82. The molecule has 0 saturated carbocycles. The largest absolute Gasteiger partial charge is 0.478 e. The lowest BCUT2D eigenvalue weighted by molar-refractivity contribution is 0.0696. The number of nitrogens with zero attached hydrogens (tertiary/aromatic N) is 3. The van der Waals surface area contributed by atoms with Crippen molar-refractivity contribution in [3.05, 3.63) is 23.9 Å².